The minimum absolute atomic E-state index is 0.0418. The summed E-state index contributed by atoms with van der Waals surface area (Å²) in [4.78, 5) is 53.6. The molecule has 0 aliphatic heterocycles. The number of nitrogens with two attached hydrogens (primary N) is 1. The fraction of sp³-hybridized carbons (Fsp3) is 0.308. The van der Waals surface area contributed by atoms with Gasteiger partial charge in [-0.25, -0.2) is 4.79 Å². The molecule has 4 atom stereocenters. The van der Waals surface area contributed by atoms with Crippen LogP contribution in [0.15, 0.2) is 60.8 Å². The Bertz CT molecular complexity index is 1270. The highest BCUT2D eigenvalue weighted by atomic mass is 32.1. The minimum Gasteiger partial charge on any atom is -0.480 e. The predicted octanol–water partition coefficient (Wildman–Crippen LogP) is -0.258. The number of carbonyl (C=O) groups excluding carboxylic acids is 3. The van der Waals surface area contributed by atoms with Crippen molar-refractivity contribution in [2.45, 2.75) is 37.0 Å². The zero-order valence-electron chi connectivity index (χ0n) is 20.5. The van der Waals surface area contributed by atoms with E-state index in [9.17, 15) is 29.4 Å². The Morgan fingerprint density at radius 2 is 1.42 bits per heavy atom. The third kappa shape index (κ3) is 7.57. The van der Waals surface area contributed by atoms with Crippen LogP contribution in [0, 0.1) is 0 Å². The third-order valence-electron chi connectivity index (χ3n) is 5.98. The second-order valence-corrected chi connectivity index (χ2v) is 9.11. The van der Waals surface area contributed by atoms with E-state index in [1.54, 1.807) is 36.5 Å². The van der Waals surface area contributed by atoms with Crippen molar-refractivity contribution >= 4 is 47.2 Å². The van der Waals surface area contributed by atoms with E-state index in [1.807, 2.05) is 24.3 Å². The van der Waals surface area contributed by atoms with Crippen LogP contribution in [0.3, 0.4) is 0 Å². The second-order valence-electron chi connectivity index (χ2n) is 8.75. The number of nitrogens with one attached hydrogen (secondary N) is 4. The van der Waals surface area contributed by atoms with Crippen LogP contribution < -0.4 is 21.7 Å². The fourth-order valence-electron chi connectivity index (χ4n) is 3.88. The van der Waals surface area contributed by atoms with Crippen molar-refractivity contribution in [2.75, 3.05) is 12.4 Å². The standard InChI is InChI=1S/C26H31N5O6S/c27-18(14-38)23(33)29-21(11-16-12-28-19-9-5-4-8-17(16)19)25(35)30-20(10-15-6-2-1-3-7-15)24(34)31-22(13-32)26(36)37/h1-9,12,18,20-22,28,32,38H,10-11,13-14,27H2,(H,29,33)(H,30,35)(H,31,34)(H,36,37). The highest BCUT2D eigenvalue weighted by molar-refractivity contribution is 7.80. The number of aromatic amines is 1. The number of H-pyrrole nitrogens is 1. The van der Waals surface area contributed by atoms with Crippen molar-refractivity contribution in [3.05, 3.63) is 71.9 Å². The molecule has 0 aliphatic rings. The number of hydrogen-bond acceptors (Lipinski definition) is 7. The van der Waals surface area contributed by atoms with Crippen LogP contribution in [0.2, 0.25) is 0 Å². The van der Waals surface area contributed by atoms with E-state index >= 15 is 0 Å². The number of aromatic nitrogens is 1. The van der Waals surface area contributed by atoms with Crippen molar-refractivity contribution in [1.29, 1.82) is 0 Å². The van der Waals surface area contributed by atoms with Crippen LogP contribution in [0.25, 0.3) is 10.9 Å². The SMILES string of the molecule is NC(CS)C(=O)NC(Cc1c[nH]c2ccccc12)C(=O)NC(Cc1ccccc1)C(=O)NC(CO)C(=O)O. The van der Waals surface area contributed by atoms with Crippen LogP contribution in [-0.4, -0.2) is 75.4 Å². The number of carboxylic acid groups (broad SMARTS) is 1. The molecule has 3 rings (SSSR count). The van der Waals surface area contributed by atoms with Gasteiger partial charge in [-0.15, -0.1) is 0 Å². The second kappa shape index (κ2) is 13.6. The number of aliphatic hydroxyl groups excluding tert-OH is 1. The molecule has 0 saturated carbocycles. The van der Waals surface area contributed by atoms with E-state index in [4.69, 9.17) is 5.73 Å². The van der Waals surface area contributed by atoms with Crippen LogP contribution >= 0.6 is 12.6 Å². The molecule has 0 radical (unpaired) electrons. The number of thiol groups is 1. The van der Waals surface area contributed by atoms with E-state index in [0.717, 1.165) is 16.5 Å². The Balaban J connectivity index is 1.87. The number of amides is 3. The van der Waals surface area contributed by atoms with Crippen molar-refractivity contribution in [2.24, 2.45) is 5.73 Å². The Labute approximate surface area is 224 Å². The van der Waals surface area contributed by atoms with Gasteiger partial charge in [0.2, 0.25) is 17.7 Å². The molecule has 8 N–H and O–H groups in total. The Hall–Kier alpha value is -3.87. The van der Waals surface area contributed by atoms with Gasteiger partial charge in [0.25, 0.3) is 0 Å². The first-order valence-electron chi connectivity index (χ1n) is 11.9. The maximum Gasteiger partial charge on any atom is 0.328 e. The van der Waals surface area contributed by atoms with Crippen molar-refractivity contribution < 1.29 is 29.4 Å². The molecule has 0 aliphatic carbocycles. The number of para-hydroxylation sites is 1. The van der Waals surface area contributed by atoms with Gasteiger partial charge in [0.15, 0.2) is 0 Å². The molecule has 0 saturated heterocycles. The van der Waals surface area contributed by atoms with E-state index in [1.165, 1.54) is 0 Å². The first-order chi connectivity index (χ1) is 18.2. The first kappa shape index (κ1) is 28.7. The normalized spacial score (nSPS) is 14.2. The number of rotatable bonds is 13. The van der Waals surface area contributed by atoms with Gasteiger partial charge in [-0.1, -0.05) is 48.5 Å². The average molecular weight is 542 g/mol. The summed E-state index contributed by atoms with van der Waals surface area (Å²) in [5.41, 5.74) is 8.13. The molecule has 11 nitrogen and oxygen atoms in total. The van der Waals surface area contributed by atoms with Crippen molar-refractivity contribution in [3.63, 3.8) is 0 Å². The van der Waals surface area contributed by atoms with Gasteiger partial charge in [0.05, 0.1) is 12.6 Å². The largest absolute Gasteiger partial charge is 0.480 e. The lowest BCUT2D eigenvalue weighted by Gasteiger charge is -2.25. The lowest BCUT2D eigenvalue weighted by molar-refractivity contribution is -0.143. The summed E-state index contributed by atoms with van der Waals surface area (Å²) in [6.07, 6.45) is 1.87. The van der Waals surface area contributed by atoms with Gasteiger partial charge in [-0.05, 0) is 17.2 Å². The molecule has 0 bridgehead atoms. The molecule has 202 valence electrons. The number of aliphatic carboxylic acids is 1. The summed E-state index contributed by atoms with van der Waals surface area (Å²) < 4.78 is 0. The summed E-state index contributed by atoms with van der Waals surface area (Å²) in [7, 11) is 0. The summed E-state index contributed by atoms with van der Waals surface area (Å²) >= 11 is 4.05. The van der Waals surface area contributed by atoms with E-state index in [0.29, 0.717) is 5.56 Å². The number of carbonyl (C=O) groups is 4. The Morgan fingerprint density at radius 3 is 2.05 bits per heavy atom. The summed E-state index contributed by atoms with van der Waals surface area (Å²) in [5, 5.41) is 27.0. The maximum atomic E-state index is 13.5. The zero-order chi connectivity index (χ0) is 27.7. The first-order valence-corrected chi connectivity index (χ1v) is 12.6. The molecule has 1 aromatic heterocycles. The lowest BCUT2D eigenvalue weighted by Crippen LogP contribution is -2.58. The molecule has 38 heavy (non-hydrogen) atoms. The summed E-state index contributed by atoms with van der Waals surface area (Å²) in [5.74, 6) is -3.41. The van der Waals surface area contributed by atoms with Gasteiger partial charge >= 0.3 is 5.97 Å². The Kier molecular flexibility index (Phi) is 10.3. The number of fused-ring (bicyclic) bond motifs is 1. The number of carboxylic acids is 1. The monoisotopic (exact) mass is 541 g/mol. The fourth-order valence-corrected chi connectivity index (χ4v) is 4.05. The van der Waals surface area contributed by atoms with Gasteiger partial charge in [0, 0.05) is 35.7 Å². The molecule has 4 unspecified atom stereocenters. The van der Waals surface area contributed by atoms with Crippen LogP contribution in [0.1, 0.15) is 11.1 Å². The van der Waals surface area contributed by atoms with E-state index in [2.05, 4.69) is 33.6 Å². The van der Waals surface area contributed by atoms with Crippen molar-refractivity contribution in [3.8, 4) is 0 Å². The molecule has 0 fully saturated rings. The van der Waals surface area contributed by atoms with Gasteiger partial charge in [-0.2, -0.15) is 12.6 Å². The van der Waals surface area contributed by atoms with Crippen LogP contribution in [0.4, 0.5) is 0 Å². The topological polar surface area (TPSA) is 187 Å². The molecule has 12 heteroatoms. The smallest absolute Gasteiger partial charge is 0.328 e. The third-order valence-corrected chi connectivity index (χ3v) is 6.37. The van der Waals surface area contributed by atoms with Crippen LogP contribution in [-0.2, 0) is 32.0 Å². The zero-order valence-corrected chi connectivity index (χ0v) is 21.4. The van der Waals surface area contributed by atoms with Crippen LogP contribution in [0.5, 0.6) is 0 Å². The highest BCUT2D eigenvalue weighted by Gasteiger charge is 2.30. The molecule has 0 spiro atoms. The molecule has 3 amide bonds. The highest BCUT2D eigenvalue weighted by Crippen LogP contribution is 2.19. The average Bonchev–Trinajstić information content (AvgIpc) is 3.33. The van der Waals surface area contributed by atoms with Gasteiger partial charge in [-0.3, -0.25) is 14.4 Å². The van der Waals surface area contributed by atoms with Gasteiger partial charge in [0.1, 0.15) is 18.1 Å². The lowest BCUT2D eigenvalue weighted by atomic mass is 10.0. The molecule has 3 aromatic rings. The number of hydrogen-bond donors (Lipinski definition) is 8. The minimum atomic E-state index is -1.55. The summed E-state index contributed by atoms with van der Waals surface area (Å²) in [6, 6.07) is 11.5. The molecular weight excluding hydrogens is 510 g/mol. The van der Waals surface area contributed by atoms with Gasteiger partial charge < -0.3 is 36.9 Å². The predicted molar refractivity (Wildman–Crippen MR) is 144 cm³/mol. The van der Waals surface area contributed by atoms with E-state index < -0.39 is 54.5 Å². The maximum absolute atomic E-state index is 13.5. The van der Waals surface area contributed by atoms with Crippen molar-refractivity contribution in [1.82, 2.24) is 20.9 Å². The number of aliphatic hydroxyl groups is 1. The molecular formula is C26H31N5O6S. The Morgan fingerprint density at radius 1 is 0.842 bits per heavy atom. The quantitative estimate of drug-likeness (QED) is 0.137. The molecule has 1 heterocycles. The summed E-state index contributed by atoms with van der Waals surface area (Å²) in [6.45, 7) is -0.825. The number of benzene rings is 2. The molecule has 2 aromatic carbocycles. The van der Waals surface area contributed by atoms with E-state index in [-0.39, 0.29) is 18.6 Å².